The summed E-state index contributed by atoms with van der Waals surface area (Å²) in [7, 11) is 1.66. The maximum absolute atomic E-state index is 6.78. The van der Waals surface area contributed by atoms with Gasteiger partial charge in [-0.1, -0.05) is 18.2 Å². The van der Waals surface area contributed by atoms with Gasteiger partial charge in [-0.05, 0) is 73.3 Å². The van der Waals surface area contributed by atoms with Crippen molar-refractivity contribution in [1.82, 2.24) is 4.98 Å². The van der Waals surface area contributed by atoms with E-state index in [0.717, 1.165) is 42.9 Å². The van der Waals surface area contributed by atoms with Gasteiger partial charge in [-0.3, -0.25) is 5.73 Å². The molecule has 0 saturated heterocycles. The van der Waals surface area contributed by atoms with E-state index < -0.39 is 5.66 Å². The number of hydrogen-bond acceptors (Lipinski definition) is 6. The Morgan fingerprint density at radius 2 is 1.90 bits per heavy atom. The third-order valence-electron chi connectivity index (χ3n) is 4.80. The summed E-state index contributed by atoms with van der Waals surface area (Å²) in [6, 6.07) is 15.7. The molecule has 1 atom stereocenters. The lowest BCUT2D eigenvalue weighted by atomic mass is 9.91. The first kappa shape index (κ1) is 19.9. The van der Waals surface area contributed by atoms with Gasteiger partial charge in [-0.2, -0.15) is 0 Å². The highest BCUT2D eigenvalue weighted by Crippen LogP contribution is 2.38. The number of hydrogen-bond donors (Lipinski definition) is 3. The Hall–Kier alpha value is -2.42. The lowest BCUT2D eigenvalue weighted by Crippen LogP contribution is -2.39. The molecular weight excluding hydrogens is 498 g/mol. The fourth-order valence-electron chi connectivity index (χ4n) is 3.15. The van der Waals surface area contributed by atoms with Crippen LogP contribution in [0.5, 0.6) is 5.75 Å². The predicted octanol–water partition coefficient (Wildman–Crippen LogP) is 4.84. The SMILES string of the molecule is COc1ccc(CNc2cc3c(cn2)NC=NC3(N)c2ccc(Br)c(Br)c2)cc1. The van der Waals surface area contributed by atoms with Gasteiger partial charge >= 0.3 is 0 Å². The van der Waals surface area contributed by atoms with E-state index in [1.165, 1.54) is 0 Å². The van der Waals surface area contributed by atoms with Gasteiger partial charge < -0.3 is 15.4 Å². The van der Waals surface area contributed by atoms with Crippen LogP contribution in [0.15, 0.2) is 68.7 Å². The summed E-state index contributed by atoms with van der Waals surface area (Å²) in [5.41, 5.74) is 9.44. The molecule has 1 unspecified atom stereocenters. The monoisotopic (exact) mass is 515 g/mol. The Balaban J connectivity index is 1.62. The molecule has 0 radical (unpaired) electrons. The molecule has 4 rings (SSSR count). The molecule has 2 heterocycles. The summed E-state index contributed by atoms with van der Waals surface area (Å²) < 4.78 is 7.08. The van der Waals surface area contributed by atoms with E-state index in [1.54, 1.807) is 19.6 Å². The van der Waals surface area contributed by atoms with Crippen molar-refractivity contribution in [2.75, 3.05) is 17.7 Å². The zero-order valence-electron chi connectivity index (χ0n) is 15.6. The molecule has 29 heavy (non-hydrogen) atoms. The fraction of sp³-hybridized carbons (Fsp3) is 0.143. The number of halogens is 2. The molecule has 0 spiro atoms. The van der Waals surface area contributed by atoms with E-state index in [2.05, 4.69) is 52.5 Å². The van der Waals surface area contributed by atoms with Gasteiger partial charge in [-0.15, -0.1) is 0 Å². The van der Waals surface area contributed by atoms with E-state index in [-0.39, 0.29) is 0 Å². The predicted molar refractivity (Wildman–Crippen MR) is 123 cm³/mol. The molecule has 148 valence electrons. The zero-order valence-corrected chi connectivity index (χ0v) is 18.8. The number of rotatable bonds is 5. The summed E-state index contributed by atoms with van der Waals surface area (Å²) in [6.45, 7) is 0.633. The van der Waals surface area contributed by atoms with Crippen LogP contribution in [0.1, 0.15) is 16.7 Å². The van der Waals surface area contributed by atoms with E-state index >= 15 is 0 Å². The van der Waals surface area contributed by atoms with Gasteiger partial charge in [0.15, 0.2) is 5.66 Å². The van der Waals surface area contributed by atoms with Crippen LogP contribution in [0.2, 0.25) is 0 Å². The van der Waals surface area contributed by atoms with Crippen molar-refractivity contribution >= 4 is 49.7 Å². The van der Waals surface area contributed by atoms with Crippen molar-refractivity contribution in [3.05, 3.63) is 80.4 Å². The molecule has 1 aliphatic rings. The van der Waals surface area contributed by atoms with Crippen molar-refractivity contribution in [3.63, 3.8) is 0 Å². The molecule has 6 nitrogen and oxygen atoms in total. The molecule has 0 saturated carbocycles. The zero-order chi connectivity index (χ0) is 20.4. The minimum absolute atomic E-state index is 0.633. The maximum Gasteiger partial charge on any atom is 0.163 e. The lowest BCUT2D eigenvalue weighted by molar-refractivity contribution is 0.414. The summed E-state index contributed by atoms with van der Waals surface area (Å²) >= 11 is 7.05. The summed E-state index contributed by atoms with van der Waals surface area (Å²) in [4.78, 5) is 9.06. The molecule has 0 aliphatic carbocycles. The molecular formula is C21H19Br2N5O. The van der Waals surface area contributed by atoms with Crippen LogP contribution < -0.4 is 21.1 Å². The topological polar surface area (TPSA) is 84.6 Å². The number of nitrogens with one attached hydrogen (secondary N) is 2. The van der Waals surface area contributed by atoms with Crippen LogP contribution in [0, 0.1) is 0 Å². The molecule has 0 fully saturated rings. The van der Waals surface area contributed by atoms with E-state index in [4.69, 9.17) is 10.5 Å². The van der Waals surface area contributed by atoms with E-state index in [1.807, 2.05) is 48.5 Å². The number of nitrogens with two attached hydrogens (primary N) is 1. The first-order valence-electron chi connectivity index (χ1n) is 8.91. The highest BCUT2D eigenvalue weighted by molar-refractivity contribution is 9.13. The molecule has 1 aromatic heterocycles. The highest BCUT2D eigenvalue weighted by atomic mass is 79.9. The quantitative estimate of drug-likeness (QED) is 0.451. The van der Waals surface area contributed by atoms with Crippen molar-refractivity contribution in [2.45, 2.75) is 12.2 Å². The van der Waals surface area contributed by atoms with Gasteiger partial charge in [0.25, 0.3) is 0 Å². The lowest BCUT2D eigenvalue weighted by Gasteiger charge is -2.31. The number of nitrogens with zero attached hydrogens (tertiary/aromatic N) is 2. The third kappa shape index (κ3) is 4.01. The standard InChI is InChI=1S/C21H19Br2N5O/c1-29-15-5-2-13(3-6-15)10-25-20-9-16-19(11-26-20)27-12-28-21(16,24)14-4-7-17(22)18(23)8-14/h2-9,11-12H,10,24H2,1H3,(H,25,26)(H,27,28). The Bertz CT molecular complexity index is 1070. The van der Waals surface area contributed by atoms with Gasteiger partial charge in [0, 0.05) is 21.1 Å². The van der Waals surface area contributed by atoms with E-state index in [0.29, 0.717) is 6.54 Å². The number of ether oxygens (including phenoxy) is 1. The second-order valence-electron chi connectivity index (χ2n) is 6.61. The smallest absolute Gasteiger partial charge is 0.163 e. The number of methoxy groups -OCH3 is 1. The van der Waals surface area contributed by atoms with Gasteiger partial charge in [0.05, 0.1) is 25.3 Å². The van der Waals surface area contributed by atoms with Crippen molar-refractivity contribution in [1.29, 1.82) is 0 Å². The van der Waals surface area contributed by atoms with Crippen LogP contribution in [-0.2, 0) is 12.2 Å². The average Bonchev–Trinajstić information content (AvgIpc) is 2.75. The first-order valence-corrected chi connectivity index (χ1v) is 10.5. The Morgan fingerprint density at radius 1 is 1.10 bits per heavy atom. The number of pyridine rings is 1. The van der Waals surface area contributed by atoms with Crippen LogP contribution >= 0.6 is 31.9 Å². The molecule has 0 amide bonds. The number of fused-ring (bicyclic) bond motifs is 1. The van der Waals surface area contributed by atoms with Crippen LogP contribution in [0.25, 0.3) is 0 Å². The minimum Gasteiger partial charge on any atom is -0.497 e. The number of aliphatic imine (C=N–C) groups is 1. The van der Waals surface area contributed by atoms with Crippen molar-refractivity contribution < 1.29 is 4.74 Å². The Morgan fingerprint density at radius 3 is 2.62 bits per heavy atom. The number of benzene rings is 2. The number of aromatic nitrogens is 1. The van der Waals surface area contributed by atoms with Crippen LogP contribution in [0.4, 0.5) is 11.5 Å². The number of anilines is 2. The average molecular weight is 517 g/mol. The van der Waals surface area contributed by atoms with Gasteiger partial charge in [0.2, 0.25) is 0 Å². The summed E-state index contributed by atoms with van der Waals surface area (Å²) in [5.74, 6) is 1.56. The fourth-order valence-corrected chi connectivity index (χ4v) is 3.78. The van der Waals surface area contributed by atoms with Crippen molar-refractivity contribution in [3.8, 4) is 5.75 Å². The van der Waals surface area contributed by atoms with Crippen molar-refractivity contribution in [2.24, 2.45) is 10.7 Å². The second-order valence-corrected chi connectivity index (χ2v) is 8.32. The Kier molecular flexibility index (Phi) is 5.58. The van der Waals surface area contributed by atoms with E-state index in [9.17, 15) is 0 Å². The molecule has 1 aliphatic heterocycles. The normalized spacial score (nSPS) is 17.4. The molecule has 3 aromatic rings. The Labute approximate surface area is 185 Å². The summed E-state index contributed by atoms with van der Waals surface area (Å²) in [6.07, 6.45) is 3.39. The molecule has 4 N–H and O–H groups in total. The molecule has 0 bridgehead atoms. The molecule has 2 aromatic carbocycles. The summed E-state index contributed by atoms with van der Waals surface area (Å²) in [5, 5.41) is 6.48. The maximum atomic E-state index is 6.78. The second kappa shape index (κ2) is 8.14. The minimum atomic E-state index is -1.01. The third-order valence-corrected chi connectivity index (χ3v) is 6.67. The van der Waals surface area contributed by atoms with Gasteiger partial charge in [-0.25, -0.2) is 9.98 Å². The van der Waals surface area contributed by atoms with Crippen LogP contribution in [0.3, 0.4) is 0 Å². The largest absolute Gasteiger partial charge is 0.497 e. The van der Waals surface area contributed by atoms with Crippen LogP contribution in [-0.4, -0.2) is 18.4 Å². The van der Waals surface area contributed by atoms with Gasteiger partial charge in [0.1, 0.15) is 11.6 Å². The first-order chi connectivity index (χ1) is 14.0. The molecule has 8 heteroatoms. The highest BCUT2D eigenvalue weighted by Gasteiger charge is 2.34.